The number of amides is 1. The SMILES string of the molecule is COc1cccc(SCCC(=O)NC(C)C(=O)O)c1. The Hall–Kier alpha value is -1.69. The molecule has 1 rings (SSSR count). The number of carbonyl (C=O) groups excluding carboxylic acids is 1. The van der Waals surface area contributed by atoms with E-state index in [1.165, 1.54) is 18.7 Å². The van der Waals surface area contributed by atoms with Crippen molar-refractivity contribution in [3.63, 3.8) is 0 Å². The predicted octanol–water partition coefficient (Wildman–Crippen LogP) is 1.77. The lowest BCUT2D eigenvalue weighted by molar-refractivity contribution is -0.141. The van der Waals surface area contributed by atoms with Gasteiger partial charge in [-0.3, -0.25) is 9.59 Å². The van der Waals surface area contributed by atoms with Crippen molar-refractivity contribution < 1.29 is 19.4 Å². The summed E-state index contributed by atoms with van der Waals surface area (Å²) >= 11 is 1.53. The van der Waals surface area contributed by atoms with Crippen LogP contribution >= 0.6 is 11.8 Å². The van der Waals surface area contributed by atoms with Crippen molar-refractivity contribution in [3.05, 3.63) is 24.3 Å². The number of carbonyl (C=O) groups is 2. The van der Waals surface area contributed by atoms with Crippen molar-refractivity contribution >= 4 is 23.6 Å². The van der Waals surface area contributed by atoms with Crippen LogP contribution in [0.25, 0.3) is 0 Å². The van der Waals surface area contributed by atoms with Gasteiger partial charge in [0.15, 0.2) is 0 Å². The van der Waals surface area contributed by atoms with E-state index in [-0.39, 0.29) is 12.3 Å². The molecule has 1 amide bonds. The monoisotopic (exact) mass is 283 g/mol. The van der Waals surface area contributed by atoms with Crippen LogP contribution in [0.3, 0.4) is 0 Å². The molecule has 19 heavy (non-hydrogen) atoms. The van der Waals surface area contributed by atoms with E-state index in [0.29, 0.717) is 5.75 Å². The second-order valence-electron chi connectivity index (χ2n) is 3.90. The summed E-state index contributed by atoms with van der Waals surface area (Å²) < 4.78 is 5.10. The van der Waals surface area contributed by atoms with Gasteiger partial charge in [-0.1, -0.05) is 6.07 Å². The van der Waals surface area contributed by atoms with Crippen molar-refractivity contribution in [1.29, 1.82) is 0 Å². The number of thioether (sulfide) groups is 1. The number of methoxy groups -OCH3 is 1. The Morgan fingerprint density at radius 2 is 2.21 bits per heavy atom. The second kappa shape index (κ2) is 7.68. The number of hydrogen-bond acceptors (Lipinski definition) is 4. The summed E-state index contributed by atoms with van der Waals surface area (Å²) in [5.74, 6) is 0.0683. The zero-order valence-corrected chi connectivity index (χ0v) is 11.7. The fourth-order valence-corrected chi connectivity index (χ4v) is 2.23. The van der Waals surface area contributed by atoms with E-state index in [1.54, 1.807) is 7.11 Å². The van der Waals surface area contributed by atoms with E-state index >= 15 is 0 Å². The van der Waals surface area contributed by atoms with Crippen molar-refractivity contribution in [3.8, 4) is 5.75 Å². The van der Waals surface area contributed by atoms with Gasteiger partial charge < -0.3 is 15.2 Å². The molecule has 1 unspecified atom stereocenters. The van der Waals surface area contributed by atoms with Crippen molar-refractivity contribution in [1.82, 2.24) is 5.32 Å². The number of nitrogens with one attached hydrogen (secondary N) is 1. The van der Waals surface area contributed by atoms with E-state index in [0.717, 1.165) is 10.6 Å². The van der Waals surface area contributed by atoms with Gasteiger partial charge in [0.2, 0.25) is 5.91 Å². The molecule has 0 fully saturated rings. The molecule has 5 nitrogen and oxygen atoms in total. The van der Waals surface area contributed by atoms with Crippen molar-refractivity contribution in [2.24, 2.45) is 0 Å². The van der Waals surface area contributed by atoms with Crippen LogP contribution in [0, 0.1) is 0 Å². The summed E-state index contributed by atoms with van der Waals surface area (Å²) in [5.41, 5.74) is 0. The molecule has 1 atom stereocenters. The molecule has 0 saturated carbocycles. The quantitative estimate of drug-likeness (QED) is 0.746. The topological polar surface area (TPSA) is 75.6 Å². The number of ether oxygens (including phenoxy) is 1. The Kier molecular flexibility index (Phi) is 6.21. The Bertz CT molecular complexity index is 450. The number of benzene rings is 1. The molecule has 0 aliphatic rings. The lowest BCUT2D eigenvalue weighted by Crippen LogP contribution is -2.38. The molecule has 1 aromatic carbocycles. The number of carboxylic acid groups (broad SMARTS) is 1. The summed E-state index contributed by atoms with van der Waals surface area (Å²) in [5, 5.41) is 11.1. The number of hydrogen-bond donors (Lipinski definition) is 2. The normalized spacial score (nSPS) is 11.7. The Morgan fingerprint density at radius 1 is 1.47 bits per heavy atom. The van der Waals surface area contributed by atoms with Gasteiger partial charge in [-0.25, -0.2) is 0 Å². The van der Waals surface area contributed by atoms with Crippen LogP contribution in [0.4, 0.5) is 0 Å². The minimum atomic E-state index is -1.03. The fraction of sp³-hybridized carbons (Fsp3) is 0.385. The number of rotatable bonds is 7. The molecule has 0 aliphatic carbocycles. The van der Waals surface area contributed by atoms with Crippen LogP contribution in [0.2, 0.25) is 0 Å². The predicted molar refractivity (Wildman–Crippen MR) is 73.6 cm³/mol. The molecule has 0 heterocycles. The van der Waals surface area contributed by atoms with Crippen molar-refractivity contribution in [2.45, 2.75) is 24.3 Å². The zero-order valence-electron chi connectivity index (χ0n) is 10.9. The van der Waals surface area contributed by atoms with Gasteiger partial charge in [0.05, 0.1) is 7.11 Å². The van der Waals surface area contributed by atoms with Gasteiger partial charge >= 0.3 is 5.97 Å². The summed E-state index contributed by atoms with van der Waals surface area (Å²) in [4.78, 5) is 23.0. The third-order valence-electron chi connectivity index (χ3n) is 2.39. The van der Waals surface area contributed by atoms with Gasteiger partial charge in [-0.05, 0) is 25.1 Å². The molecule has 0 bridgehead atoms. The third kappa shape index (κ3) is 5.65. The van der Waals surface area contributed by atoms with Gasteiger partial charge in [-0.2, -0.15) is 0 Å². The van der Waals surface area contributed by atoms with E-state index in [9.17, 15) is 9.59 Å². The highest BCUT2D eigenvalue weighted by molar-refractivity contribution is 7.99. The van der Waals surface area contributed by atoms with Crippen molar-refractivity contribution in [2.75, 3.05) is 12.9 Å². The van der Waals surface area contributed by atoms with Gasteiger partial charge in [-0.15, -0.1) is 11.8 Å². The smallest absolute Gasteiger partial charge is 0.325 e. The lowest BCUT2D eigenvalue weighted by atomic mass is 10.3. The van der Waals surface area contributed by atoms with E-state index in [1.807, 2.05) is 24.3 Å². The molecule has 104 valence electrons. The summed E-state index contributed by atoms with van der Waals surface area (Å²) in [7, 11) is 1.60. The molecule has 0 saturated heterocycles. The van der Waals surface area contributed by atoms with Gasteiger partial charge in [0.1, 0.15) is 11.8 Å². The van der Waals surface area contributed by atoms with Crippen LogP contribution in [-0.4, -0.2) is 35.9 Å². The van der Waals surface area contributed by atoms with E-state index in [4.69, 9.17) is 9.84 Å². The number of carboxylic acids is 1. The standard InChI is InChI=1S/C13H17NO4S/c1-9(13(16)17)14-12(15)6-7-19-11-5-3-4-10(8-11)18-2/h3-5,8-9H,6-7H2,1-2H3,(H,14,15)(H,16,17). The summed E-state index contributed by atoms with van der Waals surface area (Å²) in [6, 6.07) is 6.71. The largest absolute Gasteiger partial charge is 0.497 e. The van der Waals surface area contributed by atoms with Crippen LogP contribution in [0.15, 0.2) is 29.2 Å². The Balaban J connectivity index is 2.33. The van der Waals surface area contributed by atoms with Gasteiger partial charge in [0.25, 0.3) is 0 Å². The van der Waals surface area contributed by atoms with E-state index < -0.39 is 12.0 Å². The van der Waals surface area contributed by atoms with Crippen LogP contribution < -0.4 is 10.1 Å². The highest BCUT2D eigenvalue weighted by atomic mass is 32.2. The Morgan fingerprint density at radius 3 is 2.84 bits per heavy atom. The highest BCUT2D eigenvalue weighted by Crippen LogP contribution is 2.23. The molecule has 0 aliphatic heterocycles. The first-order valence-corrected chi connectivity index (χ1v) is 6.80. The van der Waals surface area contributed by atoms with Crippen LogP contribution in [-0.2, 0) is 9.59 Å². The molecular weight excluding hydrogens is 266 g/mol. The molecule has 0 spiro atoms. The maximum absolute atomic E-state index is 11.5. The molecular formula is C13H17NO4S. The molecule has 0 aromatic heterocycles. The average molecular weight is 283 g/mol. The average Bonchev–Trinajstić information content (AvgIpc) is 2.38. The third-order valence-corrected chi connectivity index (χ3v) is 3.38. The number of aliphatic carboxylic acids is 1. The first kappa shape index (κ1) is 15.4. The highest BCUT2D eigenvalue weighted by Gasteiger charge is 2.13. The maximum atomic E-state index is 11.5. The summed E-state index contributed by atoms with van der Waals surface area (Å²) in [6.45, 7) is 1.44. The fourth-order valence-electron chi connectivity index (χ4n) is 1.33. The Labute approximate surface area is 116 Å². The molecule has 6 heteroatoms. The molecule has 0 radical (unpaired) electrons. The lowest BCUT2D eigenvalue weighted by Gasteiger charge is -2.09. The maximum Gasteiger partial charge on any atom is 0.325 e. The zero-order chi connectivity index (χ0) is 14.3. The van der Waals surface area contributed by atoms with Crippen LogP contribution in [0.5, 0.6) is 5.75 Å². The summed E-state index contributed by atoms with van der Waals surface area (Å²) in [6.07, 6.45) is 0.277. The first-order valence-electron chi connectivity index (χ1n) is 5.82. The van der Waals surface area contributed by atoms with Gasteiger partial charge in [0, 0.05) is 17.1 Å². The van der Waals surface area contributed by atoms with Crippen LogP contribution in [0.1, 0.15) is 13.3 Å². The molecule has 1 aromatic rings. The minimum Gasteiger partial charge on any atom is -0.497 e. The van der Waals surface area contributed by atoms with E-state index in [2.05, 4.69) is 5.32 Å². The minimum absolute atomic E-state index is 0.259. The first-order chi connectivity index (χ1) is 9.02. The second-order valence-corrected chi connectivity index (χ2v) is 5.07. The molecule has 2 N–H and O–H groups in total.